The molecule has 2 aromatic heterocycles. The van der Waals surface area contributed by atoms with Gasteiger partial charge in [-0.3, -0.25) is 4.79 Å². The van der Waals surface area contributed by atoms with Crippen molar-refractivity contribution in [3.63, 3.8) is 0 Å². The molecule has 2 aromatic rings. The summed E-state index contributed by atoms with van der Waals surface area (Å²) in [6.45, 7) is 3.53. The SMILES string of the molecule is CN(CC(C)(C)O)C(=O)c1sc2nnccc2c1N. The van der Waals surface area contributed by atoms with Crippen LogP contribution in [0, 0.1) is 0 Å². The fraction of sp³-hybridized carbons (Fsp3) is 0.417. The van der Waals surface area contributed by atoms with Crippen molar-refractivity contribution in [2.24, 2.45) is 0 Å². The number of thiophene rings is 1. The maximum Gasteiger partial charge on any atom is 0.265 e. The summed E-state index contributed by atoms with van der Waals surface area (Å²) in [5.41, 5.74) is 5.44. The predicted octanol–water partition coefficient (Wildman–Crippen LogP) is 1.12. The molecule has 2 rings (SSSR count). The summed E-state index contributed by atoms with van der Waals surface area (Å²) in [7, 11) is 1.63. The molecule has 0 aliphatic carbocycles. The minimum Gasteiger partial charge on any atom is -0.397 e. The van der Waals surface area contributed by atoms with E-state index in [4.69, 9.17) is 5.73 Å². The average Bonchev–Trinajstić information content (AvgIpc) is 2.64. The monoisotopic (exact) mass is 280 g/mol. The molecular weight excluding hydrogens is 264 g/mol. The fourth-order valence-corrected chi connectivity index (χ4v) is 2.89. The Bertz CT molecular complexity index is 618. The number of hydrogen-bond acceptors (Lipinski definition) is 6. The third kappa shape index (κ3) is 2.82. The number of aliphatic hydroxyl groups is 1. The number of rotatable bonds is 3. The van der Waals surface area contributed by atoms with E-state index in [0.29, 0.717) is 15.4 Å². The number of fused-ring (bicyclic) bond motifs is 1. The molecule has 102 valence electrons. The number of nitrogens with two attached hydrogens (primary N) is 1. The summed E-state index contributed by atoms with van der Waals surface area (Å²) in [4.78, 5) is 14.8. The van der Waals surface area contributed by atoms with Crippen LogP contribution in [-0.4, -0.2) is 45.3 Å². The molecule has 0 bridgehead atoms. The van der Waals surface area contributed by atoms with E-state index >= 15 is 0 Å². The van der Waals surface area contributed by atoms with Crippen LogP contribution in [0.2, 0.25) is 0 Å². The Morgan fingerprint density at radius 2 is 2.26 bits per heavy atom. The molecule has 1 amide bonds. The number of likely N-dealkylation sites (N-methyl/N-ethyl adjacent to an activating group) is 1. The lowest BCUT2D eigenvalue weighted by Gasteiger charge is -2.25. The van der Waals surface area contributed by atoms with Gasteiger partial charge >= 0.3 is 0 Å². The van der Waals surface area contributed by atoms with Crippen LogP contribution < -0.4 is 5.73 Å². The second-order valence-electron chi connectivity index (χ2n) is 5.07. The maximum absolute atomic E-state index is 12.3. The van der Waals surface area contributed by atoms with Gasteiger partial charge in [0.15, 0.2) is 0 Å². The molecule has 3 N–H and O–H groups in total. The Hall–Kier alpha value is -1.73. The molecule has 0 saturated carbocycles. The van der Waals surface area contributed by atoms with Crippen molar-refractivity contribution < 1.29 is 9.90 Å². The van der Waals surface area contributed by atoms with E-state index in [1.165, 1.54) is 16.2 Å². The molecule has 6 nitrogen and oxygen atoms in total. The summed E-state index contributed by atoms with van der Waals surface area (Å²) >= 11 is 1.21. The van der Waals surface area contributed by atoms with Crippen LogP contribution in [0.25, 0.3) is 10.2 Å². The molecule has 0 spiro atoms. The molecule has 0 aromatic carbocycles. The number of amides is 1. The topological polar surface area (TPSA) is 92.3 Å². The van der Waals surface area contributed by atoms with Gasteiger partial charge in [-0.25, -0.2) is 0 Å². The van der Waals surface area contributed by atoms with Crippen molar-refractivity contribution in [2.75, 3.05) is 19.3 Å². The normalized spacial score (nSPS) is 11.8. The Morgan fingerprint density at radius 3 is 2.84 bits per heavy atom. The Balaban J connectivity index is 2.34. The van der Waals surface area contributed by atoms with Gasteiger partial charge in [-0.15, -0.1) is 16.4 Å². The van der Waals surface area contributed by atoms with Crippen LogP contribution in [0.1, 0.15) is 23.5 Å². The van der Waals surface area contributed by atoms with E-state index in [-0.39, 0.29) is 12.5 Å². The molecule has 19 heavy (non-hydrogen) atoms. The molecule has 0 fully saturated rings. The first-order chi connectivity index (χ1) is 8.79. The molecule has 0 radical (unpaired) electrons. The van der Waals surface area contributed by atoms with Gasteiger partial charge in [0.05, 0.1) is 17.5 Å². The van der Waals surface area contributed by atoms with Crippen LogP contribution in [-0.2, 0) is 0 Å². The molecule has 0 aliphatic rings. The van der Waals surface area contributed by atoms with Gasteiger partial charge in [-0.1, -0.05) is 0 Å². The van der Waals surface area contributed by atoms with Crippen LogP contribution in [0.3, 0.4) is 0 Å². The summed E-state index contributed by atoms with van der Waals surface area (Å²) < 4.78 is 0. The van der Waals surface area contributed by atoms with Crippen molar-refractivity contribution in [3.05, 3.63) is 17.1 Å². The highest BCUT2D eigenvalue weighted by atomic mass is 32.1. The van der Waals surface area contributed by atoms with Gasteiger partial charge in [-0.2, -0.15) is 5.10 Å². The van der Waals surface area contributed by atoms with Gasteiger partial charge in [0.1, 0.15) is 9.71 Å². The van der Waals surface area contributed by atoms with E-state index in [2.05, 4.69) is 10.2 Å². The van der Waals surface area contributed by atoms with Crippen molar-refractivity contribution in [1.29, 1.82) is 0 Å². The number of anilines is 1. The van der Waals surface area contributed by atoms with E-state index in [1.54, 1.807) is 33.2 Å². The number of carbonyl (C=O) groups excluding carboxylic acids is 1. The summed E-state index contributed by atoms with van der Waals surface area (Å²) in [6, 6.07) is 1.74. The minimum atomic E-state index is -0.949. The number of aromatic nitrogens is 2. The molecule has 0 atom stereocenters. The molecule has 0 saturated heterocycles. The quantitative estimate of drug-likeness (QED) is 0.878. The van der Waals surface area contributed by atoms with Gasteiger partial charge < -0.3 is 15.7 Å². The molecular formula is C12H16N4O2S. The standard InChI is InChI=1S/C12H16N4O2S/c1-12(2,18)6-16(3)11(17)9-8(13)7-4-5-14-15-10(7)19-9/h4-5,18H,6,13H2,1-3H3. The average molecular weight is 280 g/mol. The molecule has 0 unspecified atom stereocenters. The lowest BCUT2D eigenvalue weighted by molar-refractivity contribution is 0.0371. The minimum absolute atomic E-state index is 0.220. The van der Waals surface area contributed by atoms with E-state index in [1.807, 2.05) is 0 Å². The number of carbonyl (C=O) groups is 1. The van der Waals surface area contributed by atoms with E-state index < -0.39 is 5.60 Å². The van der Waals surface area contributed by atoms with Crippen LogP contribution in [0.4, 0.5) is 5.69 Å². The summed E-state index contributed by atoms with van der Waals surface area (Å²) in [5, 5.41) is 18.2. The lowest BCUT2D eigenvalue weighted by atomic mass is 10.1. The van der Waals surface area contributed by atoms with Crippen LogP contribution in [0.5, 0.6) is 0 Å². The highest BCUT2D eigenvalue weighted by Gasteiger charge is 2.24. The van der Waals surface area contributed by atoms with Gasteiger partial charge in [-0.05, 0) is 19.9 Å². The van der Waals surface area contributed by atoms with Crippen molar-refractivity contribution in [3.8, 4) is 0 Å². The first kappa shape index (κ1) is 13.7. The Morgan fingerprint density at radius 1 is 1.58 bits per heavy atom. The Kier molecular flexibility index (Phi) is 3.42. The number of nitrogens with zero attached hydrogens (tertiary/aromatic N) is 3. The van der Waals surface area contributed by atoms with Gasteiger partial charge in [0.2, 0.25) is 0 Å². The van der Waals surface area contributed by atoms with Crippen molar-refractivity contribution >= 4 is 33.1 Å². The summed E-state index contributed by atoms with van der Waals surface area (Å²) in [6.07, 6.45) is 1.54. The summed E-state index contributed by atoms with van der Waals surface area (Å²) in [5.74, 6) is -0.220. The first-order valence-electron chi connectivity index (χ1n) is 5.77. The van der Waals surface area contributed by atoms with Crippen LogP contribution in [0.15, 0.2) is 12.3 Å². The van der Waals surface area contributed by atoms with Crippen molar-refractivity contribution in [1.82, 2.24) is 15.1 Å². The second-order valence-corrected chi connectivity index (χ2v) is 6.07. The Labute approximate surface area is 114 Å². The zero-order chi connectivity index (χ0) is 14.2. The smallest absolute Gasteiger partial charge is 0.265 e. The highest BCUT2D eigenvalue weighted by molar-refractivity contribution is 7.21. The maximum atomic E-state index is 12.3. The van der Waals surface area contributed by atoms with E-state index in [0.717, 1.165) is 5.39 Å². The van der Waals surface area contributed by atoms with E-state index in [9.17, 15) is 9.90 Å². The lowest BCUT2D eigenvalue weighted by Crippen LogP contribution is -2.39. The van der Waals surface area contributed by atoms with Gasteiger partial charge in [0.25, 0.3) is 5.91 Å². The number of hydrogen-bond donors (Lipinski definition) is 2. The van der Waals surface area contributed by atoms with Crippen molar-refractivity contribution in [2.45, 2.75) is 19.4 Å². The zero-order valence-corrected chi connectivity index (χ0v) is 11.9. The highest BCUT2D eigenvalue weighted by Crippen LogP contribution is 2.32. The third-order valence-electron chi connectivity index (χ3n) is 2.59. The molecule has 0 aliphatic heterocycles. The first-order valence-corrected chi connectivity index (χ1v) is 6.59. The van der Waals surface area contributed by atoms with Gasteiger partial charge in [0, 0.05) is 19.0 Å². The molecule has 2 heterocycles. The predicted molar refractivity (Wildman–Crippen MR) is 75.1 cm³/mol. The third-order valence-corrected chi connectivity index (χ3v) is 3.68. The van der Waals surface area contributed by atoms with Crippen LogP contribution >= 0.6 is 11.3 Å². The number of nitrogen functional groups attached to an aromatic ring is 1. The zero-order valence-electron chi connectivity index (χ0n) is 11.0. The second kappa shape index (κ2) is 4.75. The largest absolute Gasteiger partial charge is 0.397 e. The fourth-order valence-electron chi connectivity index (χ4n) is 1.86. The molecule has 7 heteroatoms.